The molecule has 0 saturated carbocycles. The summed E-state index contributed by atoms with van der Waals surface area (Å²) in [4.78, 5) is 12.0. The smallest absolute Gasteiger partial charge is 0.319 e. The first-order valence-electron chi connectivity index (χ1n) is 9.40. The fraction of sp³-hybridized carbons (Fsp3) is 0.409. The lowest BCUT2D eigenvalue weighted by molar-refractivity contribution is 0.250. The third kappa shape index (κ3) is 6.85. The van der Waals surface area contributed by atoms with Gasteiger partial charge in [0.05, 0.1) is 18.9 Å². The van der Waals surface area contributed by atoms with Gasteiger partial charge >= 0.3 is 6.03 Å². The maximum Gasteiger partial charge on any atom is 0.319 e. The largest absolute Gasteiger partial charge is 0.494 e. The van der Waals surface area contributed by atoms with Crippen LogP contribution in [-0.2, 0) is 5.41 Å². The monoisotopic (exact) mass is 370 g/mol. The zero-order chi connectivity index (χ0) is 19.7. The molecule has 146 valence electrons. The minimum absolute atomic E-state index is 0.136. The van der Waals surface area contributed by atoms with Crippen LogP contribution in [0.3, 0.4) is 0 Å². The van der Waals surface area contributed by atoms with Crippen molar-refractivity contribution in [2.24, 2.45) is 0 Å². The summed E-state index contributed by atoms with van der Waals surface area (Å²) in [7, 11) is 0. The Morgan fingerprint density at radius 2 is 1.70 bits per heavy atom. The Morgan fingerprint density at radius 1 is 1.00 bits per heavy atom. The molecule has 5 nitrogen and oxygen atoms in total. The van der Waals surface area contributed by atoms with Gasteiger partial charge in [-0.1, -0.05) is 45.0 Å². The van der Waals surface area contributed by atoms with Crippen molar-refractivity contribution < 1.29 is 14.3 Å². The Hall–Kier alpha value is -2.69. The van der Waals surface area contributed by atoms with E-state index in [2.05, 4.69) is 43.5 Å². The van der Waals surface area contributed by atoms with Gasteiger partial charge in [-0.3, -0.25) is 0 Å². The SMILES string of the molecule is CCOc1ccccc1NC(=O)NCCCOc1ccc(C(C)(C)C)cc1. The van der Waals surface area contributed by atoms with Gasteiger partial charge in [-0.15, -0.1) is 0 Å². The molecular formula is C22H30N2O3. The second-order valence-electron chi connectivity index (χ2n) is 7.29. The van der Waals surface area contributed by atoms with E-state index in [4.69, 9.17) is 9.47 Å². The van der Waals surface area contributed by atoms with E-state index in [-0.39, 0.29) is 11.4 Å². The Balaban J connectivity index is 1.69. The maximum absolute atomic E-state index is 12.0. The standard InChI is InChI=1S/C22H30N2O3/c1-5-26-20-10-7-6-9-19(20)24-21(25)23-15-8-16-27-18-13-11-17(12-14-18)22(2,3)4/h6-7,9-14H,5,8,15-16H2,1-4H3,(H2,23,24,25). The Morgan fingerprint density at radius 3 is 2.37 bits per heavy atom. The fourth-order valence-corrected chi connectivity index (χ4v) is 2.53. The van der Waals surface area contributed by atoms with Crippen molar-refractivity contribution in [2.75, 3.05) is 25.1 Å². The number of carbonyl (C=O) groups excluding carboxylic acids is 1. The van der Waals surface area contributed by atoms with Gasteiger partial charge in [0.15, 0.2) is 0 Å². The first-order chi connectivity index (χ1) is 12.9. The van der Waals surface area contributed by atoms with E-state index in [1.54, 1.807) is 0 Å². The highest BCUT2D eigenvalue weighted by Crippen LogP contribution is 2.24. The molecule has 2 amide bonds. The van der Waals surface area contributed by atoms with Crippen molar-refractivity contribution in [3.05, 3.63) is 54.1 Å². The molecule has 0 aliphatic rings. The lowest BCUT2D eigenvalue weighted by Crippen LogP contribution is -2.30. The van der Waals surface area contributed by atoms with Crippen LogP contribution in [0.15, 0.2) is 48.5 Å². The van der Waals surface area contributed by atoms with E-state index in [0.717, 1.165) is 12.2 Å². The van der Waals surface area contributed by atoms with Crippen LogP contribution in [0.1, 0.15) is 39.7 Å². The minimum atomic E-state index is -0.253. The molecule has 0 radical (unpaired) electrons. The van der Waals surface area contributed by atoms with Gasteiger partial charge in [0.1, 0.15) is 11.5 Å². The molecular weight excluding hydrogens is 340 g/mol. The molecule has 0 fully saturated rings. The van der Waals surface area contributed by atoms with Crippen molar-refractivity contribution in [1.29, 1.82) is 0 Å². The van der Waals surface area contributed by atoms with Crippen molar-refractivity contribution in [2.45, 2.75) is 39.5 Å². The molecule has 2 aromatic rings. The summed E-state index contributed by atoms with van der Waals surface area (Å²) < 4.78 is 11.2. The number of ether oxygens (including phenoxy) is 2. The van der Waals surface area contributed by atoms with Crippen LogP contribution < -0.4 is 20.1 Å². The number of hydrogen-bond donors (Lipinski definition) is 2. The number of para-hydroxylation sites is 2. The lowest BCUT2D eigenvalue weighted by Gasteiger charge is -2.19. The third-order valence-corrected chi connectivity index (χ3v) is 4.03. The summed E-state index contributed by atoms with van der Waals surface area (Å²) in [6, 6.07) is 15.3. The van der Waals surface area contributed by atoms with E-state index < -0.39 is 0 Å². The van der Waals surface area contributed by atoms with Gasteiger partial charge in [0, 0.05) is 6.54 Å². The van der Waals surface area contributed by atoms with Crippen LogP contribution in [0, 0.1) is 0 Å². The first-order valence-corrected chi connectivity index (χ1v) is 9.40. The van der Waals surface area contributed by atoms with Gasteiger partial charge in [-0.25, -0.2) is 4.79 Å². The van der Waals surface area contributed by atoms with Gasteiger partial charge in [0.2, 0.25) is 0 Å². The maximum atomic E-state index is 12.0. The summed E-state index contributed by atoms with van der Waals surface area (Å²) in [5, 5.41) is 5.64. The summed E-state index contributed by atoms with van der Waals surface area (Å²) >= 11 is 0. The van der Waals surface area contributed by atoms with Crippen molar-refractivity contribution in [3.8, 4) is 11.5 Å². The summed E-state index contributed by atoms with van der Waals surface area (Å²) in [5.74, 6) is 1.51. The molecule has 5 heteroatoms. The molecule has 27 heavy (non-hydrogen) atoms. The number of hydrogen-bond acceptors (Lipinski definition) is 3. The van der Waals surface area contributed by atoms with Gasteiger partial charge in [-0.2, -0.15) is 0 Å². The Labute approximate surface area is 162 Å². The van der Waals surface area contributed by atoms with Crippen molar-refractivity contribution in [1.82, 2.24) is 5.32 Å². The lowest BCUT2D eigenvalue weighted by atomic mass is 9.87. The fourth-order valence-electron chi connectivity index (χ4n) is 2.53. The molecule has 0 unspecified atom stereocenters. The summed E-state index contributed by atoms with van der Waals surface area (Å²) in [6.45, 7) is 10.1. The molecule has 0 spiro atoms. The number of urea groups is 1. The van der Waals surface area contributed by atoms with Crippen molar-refractivity contribution in [3.63, 3.8) is 0 Å². The Kier molecular flexibility index (Phi) is 7.53. The predicted molar refractivity (Wildman–Crippen MR) is 110 cm³/mol. The van der Waals surface area contributed by atoms with E-state index >= 15 is 0 Å². The van der Waals surface area contributed by atoms with Crippen LogP contribution >= 0.6 is 0 Å². The van der Waals surface area contributed by atoms with E-state index in [0.29, 0.717) is 31.2 Å². The van der Waals surface area contributed by atoms with Gasteiger partial charge in [-0.05, 0) is 48.6 Å². The van der Waals surface area contributed by atoms with E-state index in [1.807, 2.05) is 43.3 Å². The molecule has 0 atom stereocenters. The van der Waals surface area contributed by atoms with Crippen LogP contribution in [-0.4, -0.2) is 25.8 Å². The zero-order valence-corrected chi connectivity index (χ0v) is 16.7. The molecule has 2 aromatic carbocycles. The molecule has 2 N–H and O–H groups in total. The van der Waals surface area contributed by atoms with Crippen LogP contribution in [0.4, 0.5) is 10.5 Å². The van der Waals surface area contributed by atoms with Crippen LogP contribution in [0.25, 0.3) is 0 Å². The first kappa shape index (κ1) is 20.6. The molecule has 0 aliphatic carbocycles. The number of amides is 2. The second-order valence-corrected chi connectivity index (χ2v) is 7.29. The van der Waals surface area contributed by atoms with Crippen molar-refractivity contribution >= 4 is 11.7 Å². The number of benzene rings is 2. The average molecular weight is 370 g/mol. The minimum Gasteiger partial charge on any atom is -0.494 e. The highest BCUT2D eigenvalue weighted by atomic mass is 16.5. The van der Waals surface area contributed by atoms with Gasteiger partial charge in [0.25, 0.3) is 0 Å². The van der Waals surface area contributed by atoms with Gasteiger partial charge < -0.3 is 20.1 Å². The van der Waals surface area contributed by atoms with Crippen LogP contribution in [0.2, 0.25) is 0 Å². The molecule has 0 aliphatic heterocycles. The number of carbonyl (C=O) groups is 1. The Bertz CT molecular complexity index is 721. The average Bonchev–Trinajstić information content (AvgIpc) is 2.63. The normalized spacial score (nSPS) is 11.0. The number of nitrogens with one attached hydrogen (secondary N) is 2. The highest BCUT2D eigenvalue weighted by molar-refractivity contribution is 5.90. The topological polar surface area (TPSA) is 59.6 Å². The molecule has 0 bridgehead atoms. The highest BCUT2D eigenvalue weighted by Gasteiger charge is 2.13. The summed E-state index contributed by atoms with van der Waals surface area (Å²) in [5.41, 5.74) is 2.07. The zero-order valence-electron chi connectivity index (χ0n) is 16.7. The van der Waals surface area contributed by atoms with E-state index in [9.17, 15) is 4.79 Å². The molecule has 0 heterocycles. The number of anilines is 1. The summed E-state index contributed by atoms with van der Waals surface area (Å²) in [6.07, 6.45) is 0.724. The second kappa shape index (κ2) is 9.86. The quantitative estimate of drug-likeness (QED) is 0.645. The van der Waals surface area contributed by atoms with E-state index in [1.165, 1.54) is 5.56 Å². The predicted octanol–water partition coefficient (Wildman–Crippen LogP) is 4.97. The third-order valence-electron chi connectivity index (χ3n) is 4.03. The molecule has 2 rings (SSSR count). The molecule has 0 aromatic heterocycles. The van der Waals surface area contributed by atoms with Crippen LogP contribution in [0.5, 0.6) is 11.5 Å². The number of rotatable bonds is 8. The molecule has 0 saturated heterocycles.